The van der Waals surface area contributed by atoms with Gasteiger partial charge in [-0.15, -0.1) is 0 Å². The minimum Gasteiger partial charge on any atom is -0.486 e. The number of hydrogen-bond acceptors (Lipinski definition) is 7. The van der Waals surface area contributed by atoms with Gasteiger partial charge in [0.05, 0.1) is 16.1 Å². The van der Waals surface area contributed by atoms with Crippen LogP contribution in [-0.2, 0) is 6.61 Å². The number of aryl methyl sites for hydroxylation is 2. The maximum Gasteiger partial charge on any atom is 0.282 e. The number of halogens is 2. The van der Waals surface area contributed by atoms with Crippen LogP contribution in [0.4, 0.5) is 13.9 Å². The smallest absolute Gasteiger partial charge is 0.282 e. The third kappa shape index (κ3) is 4.20. The third-order valence-corrected chi connectivity index (χ3v) is 6.15. The van der Waals surface area contributed by atoms with Gasteiger partial charge in [-0.2, -0.15) is 0 Å². The second-order valence-corrected chi connectivity index (χ2v) is 8.28. The molecule has 0 N–H and O–H groups in total. The Morgan fingerprint density at radius 2 is 2.03 bits per heavy atom. The minimum absolute atomic E-state index is 0.0316. The van der Waals surface area contributed by atoms with Gasteiger partial charge >= 0.3 is 0 Å². The first-order valence-electron chi connectivity index (χ1n) is 9.61. The fourth-order valence-electron chi connectivity index (χ4n) is 3.14. The minimum atomic E-state index is -0.850. The quantitative estimate of drug-likeness (QED) is 0.492. The Hall–Kier alpha value is -3.14. The van der Waals surface area contributed by atoms with Crippen LogP contribution in [0.25, 0.3) is 0 Å². The van der Waals surface area contributed by atoms with Crippen LogP contribution >= 0.6 is 11.3 Å². The number of carbonyl (C=O) groups excluding carboxylic acids is 2. The molecular weight excluding hydrogens is 428 g/mol. The van der Waals surface area contributed by atoms with Crippen molar-refractivity contribution in [2.45, 2.75) is 46.3 Å². The van der Waals surface area contributed by atoms with Gasteiger partial charge in [-0.05, 0) is 38.8 Å². The second-order valence-electron chi connectivity index (χ2n) is 7.30. The molecule has 0 unspecified atom stereocenters. The summed E-state index contributed by atoms with van der Waals surface area (Å²) in [4.78, 5) is 31.7. The summed E-state index contributed by atoms with van der Waals surface area (Å²) in [7, 11) is 0. The normalized spacial score (nSPS) is 13.3. The first-order chi connectivity index (χ1) is 14.8. The van der Waals surface area contributed by atoms with Crippen molar-refractivity contribution in [3.8, 4) is 5.75 Å². The highest BCUT2D eigenvalue weighted by Crippen LogP contribution is 2.37. The van der Waals surface area contributed by atoms with Gasteiger partial charge in [0.25, 0.3) is 5.91 Å². The maximum atomic E-state index is 13.9. The van der Waals surface area contributed by atoms with Crippen molar-refractivity contribution < 1.29 is 27.6 Å². The lowest BCUT2D eigenvalue weighted by Gasteiger charge is -2.18. The summed E-state index contributed by atoms with van der Waals surface area (Å²) in [6.07, 6.45) is 1.62. The van der Waals surface area contributed by atoms with Crippen LogP contribution in [0.3, 0.4) is 0 Å². The van der Waals surface area contributed by atoms with Gasteiger partial charge in [0.1, 0.15) is 18.2 Å². The number of hydrogen-bond donors (Lipinski definition) is 0. The van der Waals surface area contributed by atoms with E-state index in [1.807, 2.05) is 0 Å². The SMILES string of the molecule is CC(=O)c1sc(N(C(=O)c2noc(C)c2COc2ccc(F)cc2F)C2CC2)nc1C. The maximum absolute atomic E-state index is 13.9. The van der Waals surface area contributed by atoms with E-state index in [9.17, 15) is 18.4 Å². The Morgan fingerprint density at radius 1 is 1.29 bits per heavy atom. The van der Waals surface area contributed by atoms with E-state index in [0.717, 1.165) is 30.2 Å². The van der Waals surface area contributed by atoms with Crippen molar-refractivity contribution in [3.63, 3.8) is 0 Å². The van der Waals surface area contributed by atoms with E-state index >= 15 is 0 Å². The summed E-state index contributed by atoms with van der Waals surface area (Å²) in [5.41, 5.74) is 0.959. The summed E-state index contributed by atoms with van der Waals surface area (Å²) >= 11 is 1.16. The number of aromatic nitrogens is 2. The molecule has 4 rings (SSSR count). The lowest BCUT2D eigenvalue weighted by Crippen LogP contribution is -2.34. The number of amides is 1. The standard InChI is InChI=1S/C21H19F2N3O4S/c1-10-19(11(2)27)31-21(24-10)26(14-5-6-14)20(28)18-15(12(3)30-25-18)9-29-17-7-4-13(22)8-16(17)23/h4,7-8,14H,5-6,9H2,1-3H3. The van der Waals surface area contributed by atoms with E-state index in [1.54, 1.807) is 13.8 Å². The summed E-state index contributed by atoms with van der Waals surface area (Å²) in [5.74, 6) is -1.91. The Morgan fingerprint density at radius 3 is 2.65 bits per heavy atom. The molecule has 10 heteroatoms. The third-order valence-electron chi connectivity index (χ3n) is 4.90. The molecule has 1 fully saturated rings. The van der Waals surface area contributed by atoms with Crippen LogP contribution in [0.15, 0.2) is 22.7 Å². The molecule has 1 aromatic carbocycles. The number of nitrogens with zero attached hydrogens (tertiary/aromatic N) is 3. The molecule has 1 amide bonds. The number of rotatable bonds is 7. The molecule has 0 radical (unpaired) electrons. The van der Waals surface area contributed by atoms with Gasteiger partial charge in [0, 0.05) is 19.0 Å². The van der Waals surface area contributed by atoms with Crippen molar-refractivity contribution in [2.75, 3.05) is 4.90 Å². The average Bonchev–Trinajstić information content (AvgIpc) is 3.36. The Kier molecular flexibility index (Phi) is 5.57. The van der Waals surface area contributed by atoms with E-state index < -0.39 is 17.5 Å². The van der Waals surface area contributed by atoms with Crippen LogP contribution in [-0.4, -0.2) is 27.9 Å². The molecule has 0 bridgehead atoms. The second kappa shape index (κ2) is 8.18. The van der Waals surface area contributed by atoms with Gasteiger partial charge in [-0.25, -0.2) is 13.8 Å². The van der Waals surface area contributed by atoms with Crippen molar-refractivity contribution in [3.05, 3.63) is 57.4 Å². The van der Waals surface area contributed by atoms with Gasteiger partial charge in [-0.3, -0.25) is 14.5 Å². The van der Waals surface area contributed by atoms with Crippen LogP contribution in [0.1, 0.15) is 56.9 Å². The van der Waals surface area contributed by atoms with Crippen molar-refractivity contribution in [1.82, 2.24) is 10.1 Å². The van der Waals surface area contributed by atoms with Crippen LogP contribution in [0.5, 0.6) is 5.75 Å². The zero-order valence-electron chi connectivity index (χ0n) is 17.1. The van der Waals surface area contributed by atoms with Crippen molar-refractivity contribution in [2.24, 2.45) is 0 Å². The lowest BCUT2D eigenvalue weighted by atomic mass is 10.2. The summed E-state index contributed by atoms with van der Waals surface area (Å²) < 4.78 is 37.7. The highest BCUT2D eigenvalue weighted by molar-refractivity contribution is 7.17. The highest BCUT2D eigenvalue weighted by atomic mass is 32.1. The lowest BCUT2D eigenvalue weighted by molar-refractivity contribution is 0.0972. The monoisotopic (exact) mass is 447 g/mol. The van der Waals surface area contributed by atoms with Crippen molar-refractivity contribution in [1.29, 1.82) is 0 Å². The zero-order valence-corrected chi connectivity index (χ0v) is 17.9. The summed E-state index contributed by atoms with van der Waals surface area (Å²) in [6, 6.07) is 2.93. The van der Waals surface area contributed by atoms with E-state index in [2.05, 4.69) is 10.1 Å². The summed E-state index contributed by atoms with van der Waals surface area (Å²) in [5, 5.41) is 4.32. The first-order valence-corrected chi connectivity index (χ1v) is 10.4. The van der Waals surface area contributed by atoms with Crippen LogP contribution < -0.4 is 9.64 Å². The highest BCUT2D eigenvalue weighted by Gasteiger charge is 2.39. The molecule has 0 spiro atoms. The molecule has 0 aliphatic heterocycles. The fourth-order valence-corrected chi connectivity index (χ4v) is 4.17. The molecular formula is C21H19F2N3O4S. The average molecular weight is 447 g/mol. The van der Waals surface area contributed by atoms with Gasteiger partial charge < -0.3 is 9.26 Å². The number of Topliss-reactive ketones (excluding diaryl/α,β-unsaturated/α-hetero) is 1. The van der Waals surface area contributed by atoms with E-state index in [1.165, 1.54) is 17.9 Å². The molecule has 2 aromatic heterocycles. The van der Waals surface area contributed by atoms with Crippen molar-refractivity contribution >= 4 is 28.2 Å². The Bertz CT molecular complexity index is 1170. The predicted octanol–water partition coefficient (Wildman–Crippen LogP) is 4.62. The number of carbonyl (C=O) groups is 2. The van der Waals surface area contributed by atoms with E-state index in [0.29, 0.717) is 33.1 Å². The zero-order chi connectivity index (χ0) is 22.3. The number of ketones is 1. The number of anilines is 1. The molecule has 7 nitrogen and oxygen atoms in total. The van der Waals surface area contributed by atoms with E-state index in [4.69, 9.17) is 9.26 Å². The molecule has 1 aliphatic rings. The number of ether oxygens (including phenoxy) is 1. The van der Waals surface area contributed by atoms with Crippen LogP contribution in [0, 0.1) is 25.5 Å². The molecule has 2 heterocycles. The number of thiazole rings is 1. The van der Waals surface area contributed by atoms with Gasteiger partial charge in [0.15, 0.2) is 28.2 Å². The molecule has 0 saturated heterocycles. The summed E-state index contributed by atoms with van der Waals surface area (Å²) in [6.45, 7) is 4.61. The first kappa shape index (κ1) is 21.1. The van der Waals surface area contributed by atoms with Gasteiger partial charge in [0.2, 0.25) is 0 Å². The largest absolute Gasteiger partial charge is 0.486 e. The van der Waals surface area contributed by atoms with Gasteiger partial charge in [-0.1, -0.05) is 16.5 Å². The fraction of sp³-hybridized carbons (Fsp3) is 0.333. The molecule has 1 aliphatic carbocycles. The molecule has 0 atom stereocenters. The van der Waals surface area contributed by atoms with E-state index in [-0.39, 0.29) is 29.9 Å². The Balaban J connectivity index is 1.62. The Labute approximate surface area is 180 Å². The van der Waals surface area contributed by atoms with Crippen LogP contribution in [0.2, 0.25) is 0 Å². The molecule has 31 heavy (non-hydrogen) atoms. The predicted molar refractivity (Wildman–Crippen MR) is 109 cm³/mol. The molecule has 3 aromatic rings. The molecule has 1 saturated carbocycles. The topological polar surface area (TPSA) is 85.5 Å². The number of benzene rings is 1. The molecule has 162 valence electrons.